The van der Waals surface area contributed by atoms with Gasteiger partial charge in [0.1, 0.15) is 4.90 Å². The molecule has 0 saturated carbocycles. The van der Waals surface area contributed by atoms with Crippen LogP contribution in [0.4, 0.5) is 5.69 Å². The molecule has 174 valence electrons. The molecule has 1 saturated heterocycles. The summed E-state index contributed by atoms with van der Waals surface area (Å²) in [5, 5.41) is 7.84. The summed E-state index contributed by atoms with van der Waals surface area (Å²) in [6.45, 7) is 5.32. The summed E-state index contributed by atoms with van der Waals surface area (Å²) < 4.78 is 34.7. The van der Waals surface area contributed by atoms with Gasteiger partial charge in [-0.2, -0.15) is 9.40 Å². The lowest BCUT2D eigenvalue weighted by atomic mass is 10.1. The molecule has 1 N–H and O–H groups in total. The Balaban J connectivity index is 1.49. The molecule has 1 amide bonds. The number of rotatable bonds is 6. The minimum Gasteiger partial charge on any atom is -0.379 e. The van der Waals surface area contributed by atoms with Gasteiger partial charge >= 0.3 is 0 Å². The zero-order valence-corrected chi connectivity index (χ0v) is 20.0. The first-order chi connectivity index (χ1) is 15.8. The molecular formula is C23H25ClN4O4S. The first kappa shape index (κ1) is 23.4. The maximum atomic E-state index is 13.1. The zero-order chi connectivity index (χ0) is 23.6. The molecule has 3 aromatic rings. The molecule has 0 atom stereocenters. The number of nitrogens with zero attached hydrogens (tertiary/aromatic N) is 3. The van der Waals surface area contributed by atoms with E-state index >= 15 is 0 Å². The lowest BCUT2D eigenvalue weighted by Crippen LogP contribution is -2.41. The van der Waals surface area contributed by atoms with Crippen molar-refractivity contribution >= 4 is 33.2 Å². The van der Waals surface area contributed by atoms with Gasteiger partial charge in [0.2, 0.25) is 10.0 Å². The topological polar surface area (TPSA) is 93.5 Å². The Hall–Kier alpha value is -2.72. The molecule has 2 aromatic carbocycles. The van der Waals surface area contributed by atoms with Crippen LogP contribution in [0, 0.1) is 13.8 Å². The number of aromatic nitrogens is 2. The minimum atomic E-state index is -3.64. The third-order valence-corrected chi connectivity index (χ3v) is 7.90. The molecular weight excluding hydrogens is 464 g/mol. The third-order valence-electron chi connectivity index (χ3n) is 5.51. The summed E-state index contributed by atoms with van der Waals surface area (Å²) in [4.78, 5) is 12.8. The summed E-state index contributed by atoms with van der Waals surface area (Å²) in [5.74, 6) is -0.242. The van der Waals surface area contributed by atoms with Gasteiger partial charge in [-0.25, -0.2) is 8.42 Å². The van der Waals surface area contributed by atoms with Gasteiger partial charge in [0.05, 0.1) is 31.1 Å². The highest BCUT2D eigenvalue weighted by molar-refractivity contribution is 7.89. The van der Waals surface area contributed by atoms with Gasteiger partial charge in [0, 0.05) is 29.4 Å². The number of sulfonamides is 1. The second kappa shape index (κ2) is 9.64. The molecule has 0 aliphatic carbocycles. The normalized spacial score (nSPS) is 14.9. The number of benzene rings is 2. The van der Waals surface area contributed by atoms with E-state index in [1.807, 2.05) is 12.1 Å². The summed E-state index contributed by atoms with van der Waals surface area (Å²) in [7, 11) is -3.64. The maximum Gasteiger partial charge on any atom is 0.255 e. The fourth-order valence-electron chi connectivity index (χ4n) is 3.83. The Morgan fingerprint density at radius 2 is 1.82 bits per heavy atom. The van der Waals surface area contributed by atoms with Crippen molar-refractivity contribution in [1.82, 2.24) is 14.1 Å². The summed E-state index contributed by atoms with van der Waals surface area (Å²) in [6.07, 6.45) is 0. The van der Waals surface area contributed by atoms with Crippen molar-refractivity contribution in [3.8, 4) is 0 Å². The van der Waals surface area contributed by atoms with Crippen LogP contribution in [-0.4, -0.2) is 54.7 Å². The van der Waals surface area contributed by atoms with Gasteiger partial charge in [-0.1, -0.05) is 29.8 Å². The van der Waals surface area contributed by atoms with E-state index in [0.717, 1.165) is 5.56 Å². The minimum absolute atomic E-state index is 0.242. The highest BCUT2D eigenvalue weighted by Gasteiger charge is 2.32. The Morgan fingerprint density at radius 1 is 1.12 bits per heavy atom. The number of ether oxygens (including phenoxy) is 1. The van der Waals surface area contributed by atoms with Crippen molar-refractivity contribution < 1.29 is 17.9 Å². The molecule has 10 heteroatoms. The molecule has 1 aliphatic rings. The predicted molar refractivity (Wildman–Crippen MR) is 126 cm³/mol. The van der Waals surface area contributed by atoms with E-state index in [-0.39, 0.29) is 10.8 Å². The Labute approximate surface area is 198 Å². The largest absolute Gasteiger partial charge is 0.379 e. The van der Waals surface area contributed by atoms with Gasteiger partial charge in [-0.05, 0) is 49.7 Å². The highest BCUT2D eigenvalue weighted by Crippen LogP contribution is 2.25. The maximum absolute atomic E-state index is 13.1. The van der Waals surface area contributed by atoms with Crippen molar-refractivity contribution in [1.29, 1.82) is 0 Å². The molecule has 0 radical (unpaired) electrons. The number of aryl methyl sites for hydroxylation is 1. The lowest BCUT2D eigenvalue weighted by molar-refractivity contribution is 0.0730. The number of anilines is 1. The number of amides is 1. The summed E-state index contributed by atoms with van der Waals surface area (Å²) in [5.41, 5.74) is 3.07. The van der Waals surface area contributed by atoms with Gasteiger partial charge < -0.3 is 10.1 Å². The summed E-state index contributed by atoms with van der Waals surface area (Å²) >= 11 is 5.96. The average Bonchev–Trinajstić information content (AvgIpc) is 3.08. The molecule has 8 nitrogen and oxygen atoms in total. The molecule has 0 spiro atoms. The van der Waals surface area contributed by atoms with Gasteiger partial charge in [0.15, 0.2) is 0 Å². The van der Waals surface area contributed by atoms with Crippen molar-refractivity contribution in [2.24, 2.45) is 0 Å². The van der Waals surface area contributed by atoms with Crippen LogP contribution in [0.5, 0.6) is 0 Å². The molecule has 1 fully saturated rings. The zero-order valence-electron chi connectivity index (χ0n) is 18.4. The molecule has 4 rings (SSSR count). The first-order valence-corrected chi connectivity index (χ1v) is 12.4. The van der Waals surface area contributed by atoms with Gasteiger partial charge in [-0.15, -0.1) is 0 Å². The van der Waals surface area contributed by atoms with Crippen molar-refractivity contribution in [3.63, 3.8) is 0 Å². The van der Waals surface area contributed by atoms with Crippen LogP contribution in [0.15, 0.2) is 53.4 Å². The fraction of sp³-hybridized carbons (Fsp3) is 0.304. The predicted octanol–water partition coefficient (Wildman–Crippen LogP) is 3.47. The van der Waals surface area contributed by atoms with Crippen molar-refractivity contribution in [2.75, 3.05) is 31.6 Å². The molecule has 0 unspecified atom stereocenters. The van der Waals surface area contributed by atoms with E-state index in [0.29, 0.717) is 60.5 Å². The van der Waals surface area contributed by atoms with Gasteiger partial charge in [-0.3, -0.25) is 9.48 Å². The second-order valence-corrected chi connectivity index (χ2v) is 10.1. The van der Waals surface area contributed by atoms with Crippen LogP contribution < -0.4 is 5.32 Å². The molecule has 1 aliphatic heterocycles. The average molecular weight is 489 g/mol. The van der Waals surface area contributed by atoms with Crippen LogP contribution in [-0.2, 0) is 21.3 Å². The Kier molecular flexibility index (Phi) is 6.85. The highest BCUT2D eigenvalue weighted by atomic mass is 35.5. The monoisotopic (exact) mass is 488 g/mol. The fourth-order valence-corrected chi connectivity index (χ4v) is 5.80. The van der Waals surface area contributed by atoms with Crippen LogP contribution in [0.1, 0.15) is 27.3 Å². The third kappa shape index (κ3) is 5.11. The van der Waals surface area contributed by atoms with Crippen LogP contribution in [0.3, 0.4) is 0 Å². The van der Waals surface area contributed by atoms with E-state index in [4.69, 9.17) is 16.3 Å². The Morgan fingerprint density at radius 3 is 2.48 bits per heavy atom. The van der Waals surface area contributed by atoms with E-state index < -0.39 is 10.0 Å². The summed E-state index contributed by atoms with van der Waals surface area (Å²) in [6, 6.07) is 14.1. The van der Waals surface area contributed by atoms with Crippen LogP contribution >= 0.6 is 11.6 Å². The number of carbonyl (C=O) groups is 1. The molecule has 1 aromatic heterocycles. The number of hydrogen-bond acceptors (Lipinski definition) is 5. The standard InChI is InChI=1S/C23H25ClN4O4S/c1-16-22(33(30,31)27-10-12-32-13-11-27)17(2)28(26-16)15-18-6-8-19(9-7-18)23(29)25-21-5-3-4-20(24)14-21/h3-9,14H,10-13,15H2,1-2H3,(H,25,29). The molecule has 0 bridgehead atoms. The second-order valence-electron chi connectivity index (χ2n) is 7.84. The first-order valence-electron chi connectivity index (χ1n) is 10.5. The molecule has 33 heavy (non-hydrogen) atoms. The van der Waals surface area contributed by atoms with Crippen LogP contribution in [0.2, 0.25) is 5.02 Å². The number of halogens is 1. The van der Waals surface area contributed by atoms with E-state index in [1.165, 1.54) is 4.31 Å². The van der Waals surface area contributed by atoms with Crippen molar-refractivity contribution in [2.45, 2.75) is 25.3 Å². The number of carbonyl (C=O) groups excluding carboxylic acids is 1. The van der Waals surface area contributed by atoms with E-state index in [1.54, 1.807) is 54.9 Å². The smallest absolute Gasteiger partial charge is 0.255 e. The van der Waals surface area contributed by atoms with E-state index in [2.05, 4.69) is 10.4 Å². The quantitative estimate of drug-likeness (QED) is 0.573. The lowest BCUT2D eigenvalue weighted by Gasteiger charge is -2.26. The van der Waals surface area contributed by atoms with E-state index in [9.17, 15) is 13.2 Å². The number of nitrogens with one attached hydrogen (secondary N) is 1. The number of hydrogen-bond donors (Lipinski definition) is 1. The SMILES string of the molecule is Cc1nn(Cc2ccc(C(=O)Nc3cccc(Cl)c3)cc2)c(C)c1S(=O)(=O)N1CCOCC1. The van der Waals surface area contributed by atoms with Crippen molar-refractivity contribution in [3.05, 3.63) is 76.1 Å². The van der Waals surface area contributed by atoms with Crippen LogP contribution in [0.25, 0.3) is 0 Å². The molecule has 2 heterocycles. The van der Waals surface area contributed by atoms with Gasteiger partial charge in [0.25, 0.3) is 5.91 Å². The number of morpholine rings is 1. The Bertz CT molecular complexity index is 1270.